The first-order valence-corrected chi connectivity index (χ1v) is 7.57. The Labute approximate surface area is 140 Å². The first-order chi connectivity index (χ1) is 11.6. The van der Waals surface area contributed by atoms with E-state index < -0.39 is 5.97 Å². The zero-order chi connectivity index (χ0) is 17.4. The predicted octanol–water partition coefficient (Wildman–Crippen LogP) is 3.08. The van der Waals surface area contributed by atoms with Gasteiger partial charge in [-0.15, -0.1) is 0 Å². The molecule has 0 aliphatic rings. The van der Waals surface area contributed by atoms with Gasteiger partial charge in [0, 0.05) is 13.0 Å². The molecule has 0 atom stereocenters. The SMILES string of the molecule is COc1ccc(C=C(C(=O)O)c2ccc(OCCCO)cc2)cc1. The minimum atomic E-state index is -1.00. The second kappa shape index (κ2) is 8.74. The molecule has 0 saturated carbocycles. The number of carbonyl (C=O) groups is 1. The molecule has 2 aromatic carbocycles. The summed E-state index contributed by atoms with van der Waals surface area (Å²) in [6.07, 6.45) is 2.17. The van der Waals surface area contributed by atoms with E-state index >= 15 is 0 Å². The van der Waals surface area contributed by atoms with Crippen LogP contribution < -0.4 is 9.47 Å². The van der Waals surface area contributed by atoms with Gasteiger partial charge in [0.15, 0.2) is 0 Å². The van der Waals surface area contributed by atoms with Crippen LogP contribution in [0.25, 0.3) is 11.6 Å². The summed E-state index contributed by atoms with van der Waals surface area (Å²) in [5.41, 5.74) is 1.56. The van der Waals surface area contributed by atoms with Gasteiger partial charge in [0.25, 0.3) is 0 Å². The van der Waals surface area contributed by atoms with E-state index in [9.17, 15) is 9.90 Å². The molecule has 0 aliphatic heterocycles. The molecule has 2 N–H and O–H groups in total. The highest BCUT2D eigenvalue weighted by Crippen LogP contribution is 2.23. The number of hydrogen-bond acceptors (Lipinski definition) is 4. The maximum Gasteiger partial charge on any atom is 0.336 e. The van der Waals surface area contributed by atoms with Crippen molar-refractivity contribution in [3.63, 3.8) is 0 Å². The molecule has 0 amide bonds. The molecule has 5 nitrogen and oxygen atoms in total. The molecule has 0 spiro atoms. The lowest BCUT2D eigenvalue weighted by Gasteiger charge is -2.07. The largest absolute Gasteiger partial charge is 0.497 e. The van der Waals surface area contributed by atoms with Crippen LogP contribution in [0.2, 0.25) is 0 Å². The Morgan fingerprint density at radius 1 is 1.04 bits per heavy atom. The maximum atomic E-state index is 11.6. The highest BCUT2D eigenvalue weighted by Gasteiger charge is 2.11. The summed E-state index contributed by atoms with van der Waals surface area (Å²) in [7, 11) is 1.58. The van der Waals surface area contributed by atoms with Gasteiger partial charge in [-0.05, 0) is 41.5 Å². The lowest BCUT2D eigenvalue weighted by Crippen LogP contribution is -2.01. The van der Waals surface area contributed by atoms with Gasteiger partial charge in [-0.25, -0.2) is 4.79 Å². The minimum absolute atomic E-state index is 0.0752. The van der Waals surface area contributed by atoms with Gasteiger partial charge < -0.3 is 19.7 Å². The number of methoxy groups -OCH3 is 1. The van der Waals surface area contributed by atoms with E-state index in [1.165, 1.54) is 0 Å². The highest BCUT2D eigenvalue weighted by molar-refractivity contribution is 6.20. The molecule has 0 saturated heterocycles. The van der Waals surface area contributed by atoms with Gasteiger partial charge >= 0.3 is 5.97 Å². The van der Waals surface area contributed by atoms with E-state index in [1.807, 2.05) is 0 Å². The topological polar surface area (TPSA) is 76.0 Å². The Kier molecular flexibility index (Phi) is 6.40. The Bertz CT molecular complexity index is 687. The van der Waals surface area contributed by atoms with Gasteiger partial charge in [0.05, 0.1) is 19.3 Å². The summed E-state index contributed by atoms with van der Waals surface area (Å²) in [4.78, 5) is 11.6. The minimum Gasteiger partial charge on any atom is -0.497 e. The Morgan fingerprint density at radius 2 is 1.67 bits per heavy atom. The van der Waals surface area contributed by atoms with E-state index in [1.54, 1.807) is 61.7 Å². The second-order valence-electron chi connectivity index (χ2n) is 5.09. The van der Waals surface area contributed by atoms with Gasteiger partial charge in [0.1, 0.15) is 11.5 Å². The zero-order valence-electron chi connectivity index (χ0n) is 13.4. The van der Waals surface area contributed by atoms with E-state index in [-0.39, 0.29) is 12.2 Å². The van der Waals surface area contributed by atoms with Crippen LogP contribution in [0.1, 0.15) is 17.5 Å². The summed E-state index contributed by atoms with van der Waals surface area (Å²) in [5, 5.41) is 18.2. The van der Waals surface area contributed by atoms with Crippen molar-refractivity contribution in [1.29, 1.82) is 0 Å². The standard InChI is InChI=1S/C19H20O5/c1-23-16-7-3-14(4-8-16)13-18(19(21)22)15-5-9-17(10-6-15)24-12-2-11-20/h3-10,13,20H,2,11-12H2,1H3,(H,21,22). The molecule has 0 bridgehead atoms. The fraction of sp³-hybridized carbons (Fsp3) is 0.211. The van der Waals surface area contributed by atoms with Crippen molar-refractivity contribution in [2.75, 3.05) is 20.3 Å². The van der Waals surface area contributed by atoms with Crippen LogP contribution in [-0.4, -0.2) is 36.5 Å². The molecule has 24 heavy (non-hydrogen) atoms. The average Bonchev–Trinajstić information content (AvgIpc) is 2.61. The number of aliphatic carboxylic acids is 1. The Morgan fingerprint density at radius 3 is 2.21 bits per heavy atom. The number of carboxylic acid groups (broad SMARTS) is 1. The van der Waals surface area contributed by atoms with Crippen molar-refractivity contribution >= 4 is 17.6 Å². The first kappa shape index (κ1) is 17.6. The lowest BCUT2D eigenvalue weighted by atomic mass is 10.0. The normalized spacial score (nSPS) is 11.2. The monoisotopic (exact) mass is 328 g/mol. The lowest BCUT2D eigenvalue weighted by molar-refractivity contribution is -0.130. The van der Waals surface area contributed by atoms with Gasteiger partial charge in [-0.3, -0.25) is 0 Å². The van der Waals surface area contributed by atoms with Crippen LogP contribution in [0.5, 0.6) is 11.5 Å². The number of rotatable bonds is 8. The van der Waals surface area contributed by atoms with Crippen LogP contribution in [0, 0.1) is 0 Å². The third-order valence-corrected chi connectivity index (χ3v) is 3.39. The smallest absolute Gasteiger partial charge is 0.336 e. The fourth-order valence-electron chi connectivity index (χ4n) is 2.12. The van der Waals surface area contributed by atoms with Crippen molar-refractivity contribution in [3.8, 4) is 11.5 Å². The molecule has 0 aliphatic carbocycles. The number of benzene rings is 2. The van der Waals surface area contributed by atoms with Crippen molar-refractivity contribution in [2.24, 2.45) is 0 Å². The number of ether oxygens (including phenoxy) is 2. The number of carboxylic acids is 1. The number of hydrogen-bond donors (Lipinski definition) is 2. The van der Waals surface area contributed by atoms with E-state index in [2.05, 4.69) is 0 Å². The molecule has 126 valence electrons. The van der Waals surface area contributed by atoms with Crippen molar-refractivity contribution < 1.29 is 24.5 Å². The summed E-state index contributed by atoms with van der Waals surface area (Å²) in [5.74, 6) is 0.356. The Hall–Kier alpha value is -2.79. The molecule has 5 heteroatoms. The molecule has 0 aromatic heterocycles. The van der Waals surface area contributed by atoms with Crippen LogP contribution in [0.15, 0.2) is 48.5 Å². The summed E-state index contributed by atoms with van der Waals surface area (Å²) in [6, 6.07) is 14.0. The Balaban J connectivity index is 2.20. The van der Waals surface area contributed by atoms with Gasteiger partial charge in [-0.1, -0.05) is 24.3 Å². The number of aliphatic hydroxyl groups excluding tert-OH is 1. The van der Waals surface area contributed by atoms with Gasteiger partial charge in [-0.2, -0.15) is 0 Å². The van der Waals surface area contributed by atoms with Crippen molar-refractivity contribution in [2.45, 2.75) is 6.42 Å². The first-order valence-electron chi connectivity index (χ1n) is 7.57. The van der Waals surface area contributed by atoms with Gasteiger partial charge in [0.2, 0.25) is 0 Å². The van der Waals surface area contributed by atoms with Crippen LogP contribution in [0.4, 0.5) is 0 Å². The number of aliphatic hydroxyl groups is 1. The van der Waals surface area contributed by atoms with E-state index in [0.29, 0.717) is 30.1 Å². The summed E-state index contributed by atoms with van der Waals surface area (Å²) >= 11 is 0. The van der Waals surface area contributed by atoms with Crippen LogP contribution >= 0.6 is 0 Å². The average molecular weight is 328 g/mol. The third kappa shape index (κ3) is 4.86. The van der Waals surface area contributed by atoms with Crippen LogP contribution in [-0.2, 0) is 4.79 Å². The summed E-state index contributed by atoms with van der Waals surface area (Å²) in [6.45, 7) is 0.495. The second-order valence-corrected chi connectivity index (χ2v) is 5.09. The zero-order valence-corrected chi connectivity index (χ0v) is 13.4. The maximum absolute atomic E-state index is 11.6. The quantitative estimate of drug-likeness (QED) is 0.442. The molecular weight excluding hydrogens is 308 g/mol. The molecule has 2 rings (SSSR count). The fourth-order valence-corrected chi connectivity index (χ4v) is 2.12. The molecular formula is C19H20O5. The predicted molar refractivity (Wildman–Crippen MR) is 92.1 cm³/mol. The third-order valence-electron chi connectivity index (χ3n) is 3.39. The van der Waals surface area contributed by atoms with Crippen molar-refractivity contribution in [1.82, 2.24) is 0 Å². The van der Waals surface area contributed by atoms with E-state index in [4.69, 9.17) is 14.6 Å². The molecule has 2 aromatic rings. The molecule has 0 fully saturated rings. The summed E-state index contributed by atoms with van der Waals surface area (Å²) < 4.78 is 10.5. The molecule has 0 heterocycles. The van der Waals surface area contributed by atoms with Crippen molar-refractivity contribution in [3.05, 3.63) is 59.7 Å². The van der Waals surface area contributed by atoms with Crippen LogP contribution in [0.3, 0.4) is 0 Å². The highest BCUT2D eigenvalue weighted by atomic mass is 16.5. The molecule has 0 radical (unpaired) electrons. The molecule has 0 unspecified atom stereocenters. The van der Waals surface area contributed by atoms with E-state index in [0.717, 1.165) is 5.56 Å².